The minimum absolute atomic E-state index is 0.141. The molecule has 12 heavy (non-hydrogen) atoms. The Morgan fingerprint density at radius 3 is 2.75 bits per heavy atom. The predicted octanol–water partition coefficient (Wildman–Crippen LogP) is -1.25. The maximum absolute atomic E-state index is 10.7. The number of sulfonamides is 1. The van der Waals surface area contributed by atoms with Crippen LogP contribution >= 0.6 is 11.5 Å². The summed E-state index contributed by atoms with van der Waals surface area (Å²) in [5.41, 5.74) is 0. The fourth-order valence-electron chi connectivity index (χ4n) is 0.513. The standard InChI is InChI=1S/C3H4N4O3S2/c4-12(9,10)3-2(5-1-8)6-7-11-3/h1H,(H,5,8)(H2,4,9,10). The average molecular weight is 208 g/mol. The zero-order chi connectivity index (χ0) is 9.19. The highest BCUT2D eigenvalue weighted by Crippen LogP contribution is 2.19. The van der Waals surface area contributed by atoms with Gasteiger partial charge < -0.3 is 5.32 Å². The number of anilines is 1. The van der Waals surface area contributed by atoms with Crippen molar-refractivity contribution in [3.8, 4) is 0 Å². The van der Waals surface area contributed by atoms with E-state index in [1.165, 1.54) is 0 Å². The molecule has 1 aromatic heterocycles. The number of primary sulfonamides is 1. The van der Waals surface area contributed by atoms with E-state index in [0.29, 0.717) is 17.9 Å². The third-order valence-electron chi connectivity index (χ3n) is 0.912. The molecule has 0 bridgehead atoms. The Labute approximate surface area is 71.8 Å². The smallest absolute Gasteiger partial charge is 0.252 e. The van der Waals surface area contributed by atoms with Crippen LogP contribution in [0.3, 0.4) is 0 Å². The fraction of sp³-hybridized carbons (Fsp3) is 0. The van der Waals surface area contributed by atoms with E-state index in [0.717, 1.165) is 0 Å². The van der Waals surface area contributed by atoms with Gasteiger partial charge in [-0.05, 0) is 0 Å². The summed E-state index contributed by atoms with van der Waals surface area (Å²) < 4.78 is 24.5. The van der Waals surface area contributed by atoms with Crippen molar-refractivity contribution < 1.29 is 13.2 Å². The summed E-state index contributed by atoms with van der Waals surface area (Å²) in [6, 6.07) is 0. The van der Waals surface area contributed by atoms with Crippen LogP contribution in [0.1, 0.15) is 0 Å². The Morgan fingerprint density at radius 1 is 1.58 bits per heavy atom. The van der Waals surface area contributed by atoms with Crippen LogP contribution in [0.25, 0.3) is 0 Å². The van der Waals surface area contributed by atoms with Crippen molar-refractivity contribution in [2.45, 2.75) is 4.21 Å². The van der Waals surface area contributed by atoms with Gasteiger partial charge in [0.1, 0.15) is 0 Å². The number of nitrogens with two attached hydrogens (primary N) is 1. The number of aromatic nitrogens is 2. The second-order valence-electron chi connectivity index (χ2n) is 1.72. The number of carbonyl (C=O) groups is 1. The molecule has 0 aliphatic heterocycles. The quantitative estimate of drug-likeness (QED) is 0.602. The van der Waals surface area contributed by atoms with E-state index in [-0.39, 0.29) is 10.0 Å². The van der Waals surface area contributed by atoms with Crippen LogP contribution in [0.4, 0.5) is 5.82 Å². The number of hydrogen-bond donors (Lipinski definition) is 2. The largest absolute Gasteiger partial charge is 0.310 e. The molecule has 1 amide bonds. The van der Waals surface area contributed by atoms with Gasteiger partial charge in [-0.3, -0.25) is 4.79 Å². The lowest BCUT2D eigenvalue weighted by Gasteiger charge is -1.93. The van der Waals surface area contributed by atoms with E-state index in [1.807, 2.05) is 0 Å². The molecular weight excluding hydrogens is 204 g/mol. The molecule has 0 saturated heterocycles. The predicted molar refractivity (Wildman–Crippen MR) is 41.0 cm³/mol. The van der Waals surface area contributed by atoms with Gasteiger partial charge in [0, 0.05) is 11.5 Å². The van der Waals surface area contributed by atoms with E-state index in [2.05, 4.69) is 14.9 Å². The highest BCUT2D eigenvalue weighted by molar-refractivity contribution is 7.91. The van der Waals surface area contributed by atoms with Gasteiger partial charge in [0.2, 0.25) is 6.41 Å². The van der Waals surface area contributed by atoms with Crippen LogP contribution < -0.4 is 10.5 Å². The SMILES string of the molecule is NS(=O)(=O)c1snnc1NC=O. The monoisotopic (exact) mass is 208 g/mol. The molecule has 0 radical (unpaired) electrons. The summed E-state index contributed by atoms with van der Waals surface area (Å²) in [6.45, 7) is 0. The molecule has 7 nitrogen and oxygen atoms in total. The maximum atomic E-state index is 10.7. The van der Waals surface area contributed by atoms with Crippen molar-refractivity contribution in [3.05, 3.63) is 0 Å². The van der Waals surface area contributed by atoms with Gasteiger partial charge in [0.15, 0.2) is 10.0 Å². The normalized spacial score (nSPS) is 11.1. The second-order valence-corrected chi connectivity index (χ2v) is 4.23. The molecule has 0 fully saturated rings. The van der Waals surface area contributed by atoms with E-state index >= 15 is 0 Å². The molecule has 1 aromatic rings. The third kappa shape index (κ3) is 1.75. The molecule has 0 atom stereocenters. The molecule has 3 N–H and O–H groups in total. The molecule has 0 aliphatic carbocycles. The zero-order valence-corrected chi connectivity index (χ0v) is 7.22. The van der Waals surface area contributed by atoms with E-state index in [9.17, 15) is 13.2 Å². The number of rotatable bonds is 3. The number of carbonyl (C=O) groups excluding carboxylic acids is 1. The first-order valence-corrected chi connectivity index (χ1v) is 4.93. The Bertz CT molecular complexity index is 382. The Kier molecular flexibility index (Phi) is 2.35. The minimum atomic E-state index is -3.84. The molecule has 66 valence electrons. The van der Waals surface area contributed by atoms with Gasteiger partial charge in [-0.1, -0.05) is 4.49 Å². The lowest BCUT2D eigenvalue weighted by molar-refractivity contribution is -0.105. The summed E-state index contributed by atoms with van der Waals surface area (Å²) in [4.78, 5) is 9.94. The summed E-state index contributed by atoms with van der Waals surface area (Å²) in [5, 5.41) is 10.2. The molecule has 0 aromatic carbocycles. The highest BCUT2D eigenvalue weighted by atomic mass is 32.2. The number of nitrogens with zero attached hydrogens (tertiary/aromatic N) is 2. The van der Waals surface area contributed by atoms with Crippen LogP contribution in [0.5, 0.6) is 0 Å². The topological polar surface area (TPSA) is 115 Å². The van der Waals surface area contributed by atoms with Gasteiger partial charge in [-0.15, -0.1) is 5.10 Å². The molecule has 1 rings (SSSR count). The molecule has 0 spiro atoms. The molecule has 1 heterocycles. The van der Waals surface area contributed by atoms with Crippen molar-refractivity contribution in [1.82, 2.24) is 9.59 Å². The molecular formula is C3H4N4O3S2. The summed E-state index contributed by atoms with van der Waals surface area (Å²) in [5.74, 6) is -0.141. The lowest BCUT2D eigenvalue weighted by Crippen LogP contribution is -2.12. The average Bonchev–Trinajstić information content (AvgIpc) is 2.34. The minimum Gasteiger partial charge on any atom is -0.310 e. The highest BCUT2D eigenvalue weighted by Gasteiger charge is 2.18. The third-order valence-corrected chi connectivity index (χ3v) is 3.07. The number of nitrogens with one attached hydrogen (secondary N) is 1. The van der Waals surface area contributed by atoms with Gasteiger partial charge in [0.05, 0.1) is 0 Å². The first-order valence-electron chi connectivity index (χ1n) is 2.61. The van der Waals surface area contributed by atoms with E-state index in [1.54, 1.807) is 0 Å². The second kappa shape index (κ2) is 3.13. The summed E-state index contributed by atoms with van der Waals surface area (Å²) in [7, 11) is -3.84. The molecule has 0 unspecified atom stereocenters. The van der Waals surface area contributed by atoms with Crippen molar-refractivity contribution in [2.75, 3.05) is 5.32 Å². The first-order chi connectivity index (χ1) is 5.55. The molecule has 9 heteroatoms. The molecule has 0 aliphatic rings. The van der Waals surface area contributed by atoms with Crippen LogP contribution in [-0.2, 0) is 14.8 Å². The van der Waals surface area contributed by atoms with E-state index in [4.69, 9.17) is 5.14 Å². The van der Waals surface area contributed by atoms with E-state index < -0.39 is 10.0 Å². The van der Waals surface area contributed by atoms with Crippen LogP contribution in [0, 0.1) is 0 Å². The molecule has 0 saturated carbocycles. The first kappa shape index (κ1) is 9.03. The lowest BCUT2D eigenvalue weighted by atomic mass is 10.8. The van der Waals surface area contributed by atoms with Crippen molar-refractivity contribution >= 4 is 33.8 Å². The Morgan fingerprint density at radius 2 is 2.25 bits per heavy atom. The Balaban J connectivity index is 3.16. The Hall–Kier alpha value is -1.06. The van der Waals surface area contributed by atoms with Crippen LogP contribution in [0.2, 0.25) is 0 Å². The zero-order valence-electron chi connectivity index (χ0n) is 5.59. The van der Waals surface area contributed by atoms with Gasteiger partial charge in [-0.2, -0.15) is 0 Å². The van der Waals surface area contributed by atoms with Gasteiger partial charge in [0.25, 0.3) is 10.0 Å². The van der Waals surface area contributed by atoms with Gasteiger partial charge >= 0.3 is 0 Å². The van der Waals surface area contributed by atoms with Crippen molar-refractivity contribution in [3.63, 3.8) is 0 Å². The van der Waals surface area contributed by atoms with Crippen molar-refractivity contribution in [2.24, 2.45) is 5.14 Å². The van der Waals surface area contributed by atoms with Crippen LogP contribution in [0.15, 0.2) is 4.21 Å². The van der Waals surface area contributed by atoms with Crippen molar-refractivity contribution in [1.29, 1.82) is 0 Å². The van der Waals surface area contributed by atoms with Crippen LogP contribution in [-0.4, -0.2) is 24.4 Å². The number of amides is 1. The summed E-state index contributed by atoms with van der Waals surface area (Å²) in [6.07, 6.45) is 0.297. The maximum Gasteiger partial charge on any atom is 0.252 e. The fourth-order valence-corrected chi connectivity index (χ4v) is 1.78. The van der Waals surface area contributed by atoms with Gasteiger partial charge in [-0.25, -0.2) is 13.6 Å². The summed E-state index contributed by atoms with van der Waals surface area (Å²) >= 11 is 0.601. The number of hydrogen-bond acceptors (Lipinski definition) is 6.